The molecule has 5 heteroatoms. The molecule has 15 heavy (non-hydrogen) atoms. The van der Waals surface area contributed by atoms with Crippen molar-refractivity contribution in [2.45, 2.75) is 13.5 Å². The van der Waals surface area contributed by atoms with Crippen molar-refractivity contribution >= 4 is 32.8 Å². The fourth-order valence-corrected chi connectivity index (χ4v) is 2.03. The number of halogens is 1. The van der Waals surface area contributed by atoms with E-state index in [2.05, 4.69) is 21.0 Å². The molecule has 2 rings (SSSR count). The van der Waals surface area contributed by atoms with E-state index in [1.165, 1.54) is 0 Å². The first kappa shape index (κ1) is 10.2. The topological polar surface area (TPSA) is 55.1 Å². The van der Waals surface area contributed by atoms with Gasteiger partial charge in [-0.05, 0) is 41.1 Å². The summed E-state index contributed by atoms with van der Waals surface area (Å²) in [6.07, 6.45) is 0. The van der Waals surface area contributed by atoms with Gasteiger partial charge in [0.2, 0.25) is 0 Å². The van der Waals surface area contributed by atoms with Crippen LogP contribution in [-0.2, 0) is 6.54 Å². The number of nitrogens with zero attached hydrogens (tertiary/aromatic N) is 2. The largest absolute Gasteiger partial charge is 0.478 e. The third-order valence-electron chi connectivity index (χ3n) is 2.25. The molecule has 0 aliphatic rings. The summed E-state index contributed by atoms with van der Waals surface area (Å²) in [5, 5.41) is 14.1. The SMILES string of the molecule is CCn1nc(Br)c2ccc(C(=O)O)cc21. The van der Waals surface area contributed by atoms with Crippen LogP contribution in [0.15, 0.2) is 22.8 Å². The van der Waals surface area contributed by atoms with Crippen LogP contribution in [0.2, 0.25) is 0 Å². The molecule has 0 atom stereocenters. The maximum absolute atomic E-state index is 10.8. The van der Waals surface area contributed by atoms with E-state index in [1.807, 2.05) is 6.92 Å². The fraction of sp³-hybridized carbons (Fsp3) is 0.200. The summed E-state index contributed by atoms with van der Waals surface area (Å²) in [6.45, 7) is 2.68. The molecule has 1 aromatic heterocycles. The van der Waals surface area contributed by atoms with E-state index in [9.17, 15) is 4.79 Å². The minimum atomic E-state index is -0.920. The predicted octanol–water partition coefficient (Wildman–Crippen LogP) is 2.52. The minimum Gasteiger partial charge on any atom is -0.478 e. The van der Waals surface area contributed by atoms with E-state index in [1.54, 1.807) is 22.9 Å². The van der Waals surface area contributed by atoms with Gasteiger partial charge in [0.25, 0.3) is 0 Å². The first-order valence-electron chi connectivity index (χ1n) is 4.53. The van der Waals surface area contributed by atoms with Crippen LogP contribution in [0.3, 0.4) is 0 Å². The third kappa shape index (κ3) is 1.63. The van der Waals surface area contributed by atoms with Crippen molar-refractivity contribution in [3.05, 3.63) is 28.4 Å². The molecule has 2 aromatic rings. The zero-order valence-electron chi connectivity index (χ0n) is 8.07. The Morgan fingerprint density at radius 3 is 2.93 bits per heavy atom. The average molecular weight is 269 g/mol. The number of carbonyl (C=O) groups is 1. The summed E-state index contributed by atoms with van der Waals surface area (Å²) < 4.78 is 2.52. The highest BCUT2D eigenvalue weighted by atomic mass is 79.9. The van der Waals surface area contributed by atoms with Crippen LogP contribution in [0.4, 0.5) is 0 Å². The van der Waals surface area contributed by atoms with Gasteiger partial charge < -0.3 is 5.11 Å². The van der Waals surface area contributed by atoms with Crippen molar-refractivity contribution < 1.29 is 9.90 Å². The lowest BCUT2D eigenvalue weighted by molar-refractivity contribution is 0.0697. The Balaban J connectivity index is 2.73. The van der Waals surface area contributed by atoms with Crippen LogP contribution in [0.1, 0.15) is 17.3 Å². The van der Waals surface area contributed by atoms with Crippen LogP contribution in [-0.4, -0.2) is 20.9 Å². The van der Waals surface area contributed by atoms with Gasteiger partial charge >= 0.3 is 5.97 Å². The molecular formula is C10H9BrN2O2. The van der Waals surface area contributed by atoms with E-state index in [4.69, 9.17) is 5.11 Å². The number of rotatable bonds is 2. The van der Waals surface area contributed by atoms with E-state index in [0.717, 1.165) is 15.5 Å². The second-order valence-electron chi connectivity index (χ2n) is 3.14. The highest BCUT2D eigenvalue weighted by Gasteiger charge is 2.10. The summed E-state index contributed by atoms with van der Waals surface area (Å²) in [6, 6.07) is 4.98. The Hall–Kier alpha value is -1.36. The highest BCUT2D eigenvalue weighted by Crippen LogP contribution is 2.24. The molecule has 0 aliphatic carbocycles. The molecule has 0 amide bonds. The average Bonchev–Trinajstić information content (AvgIpc) is 2.55. The van der Waals surface area contributed by atoms with Crippen LogP contribution in [0.25, 0.3) is 10.9 Å². The van der Waals surface area contributed by atoms with Gasteiger partial charge in [-0.25, -0.2) is 4.79 Å². The Kier molecular flexibility index (Phi) is 2.48. The van der Waals surface area contributed by atoms with Crippen LogP contribution in [0.5, 0.6) is 0 Å². The Labute approximate surface area is 94.6 Å². The Morgan fingerprint density at radius 2 is 2.33 bits per heavy atom. The van der Waals surface area contributed by atoms with E-state index in [0.29, 0.717) is 6.54 Å². The number of fused-ring (bicyclic) bond motifs is 1. The number of carboxylic acid groups (broad SMARTS) is 1. The molecule has 0 saturated heterocycles. The van der Waals surface area contributed by atoms with Gasteiger partial charge in [-0.15, -0.1) is 0 Å². The summed E-state index contributed by atoms with van der Waals surface area (Å²) >= 11 is 3.34. The first-order chi connectivity index (χ1) is 7.13. The van der Waals surface area contributed by atoms with Crippen molar-refractivity contribution in [2.24, 2.45) is 0 Å². The normalized spacial score (nSPS) is 10.8. The molecular weight excluding hydrogens is 260 g/mol. The highest BCUT2D eigenvalue weighted by molar-refractivity contribution is 9.10. The number of hydrogen-bond acceptors (Lipinski definition) is 2. The molecule has 0 unspecified atom stereocenters. The summed E-state index contributed by atoms with van der Waals surface area (Å²) in [7, 11) is 0. The zero-order chi connectivity index (χ0) is 11.0. The number of aromatic nitrogens is 2. The van der Waals surface area contributed by atoms with Crippen LogP contribution in [0, 0.1) is 0 Å². The zero-order valence-corrected chi connectivity index (χ0v) is 9.65. The molecule has 1 N–H and O–H groups in total. The van der Waals surface area contributed by atoms with Crippen molar-refractivity contribution in [1.29, 1.82) is 0 Å². The molecule has 0 radical (unpaired) electrons. The number of aryl methyl sites for hydroxylation is 1. The smallest absolute Gasteiger partial charge is 0.335 e. The lowest BCUT2D eigenvalue weighted by atomic mass is 10.2. The fourth-order valence-electron chi connectivity index (χ4n) is 1.51. The minimum absolute atomic E-state index is 0.282. The van der Waals surface area contributed by atoms with E-state index < -0.39 is 5.97 Å². The standard InChI is InChI=1S/C10H9BrN2O2/c1-2-13-8-5-6(10(14)15)3-4-7(8)9(11)12-13/h3-5H,2H2,1H3,(H,14,15). The molecule has 0 fully saturated rings. The second-order valence-corrected chi connectivity index (χ2v) is 3.89. The number of hydrogen-bond donors (Lipinski definition) is 1. The van der Waals surface area contributed by atoms with Crippen molar-refractivity contribution in [2.75, 3.05) is 0 Å². The Morgan fingerprint density at radius 1 is 1.60 bits per heavy atom. The number of carboxylic acids is 1. The molecule has 1 aromatic carbocycles. The van der Waals surface area contributed by atoms with Crippen molar-refractivity contribution in [3.8, 4) is 0 Å². The van der Waals surface area contributed by atoms with Gasteiger partial charge in [-0.3, -0.25) is 4.68 Å². The molecule has 4 nitrogen and oxygen atoms in total. The second kappa shape index (κ2) is 3.66. The van der Waals surface area contributed by atoms with Gasteiger partial charge in [0.05, 0.1) is 11.1 Å². The molecule has 78 valence electrons. The van der Waals surface area contributed by atoms with Crippen LogP contribution >= 0.6 is 15.9 Å². The van der Waals surface area contributed by atoms with Crippen molar-refractivity contribution in [3.63, 3.8) is 0 Å². The molecule has 1 heterocycles. The van der Waals surface area contributed by atoms with Gasteiger partial charge in [-0.1, -0.05) is 0 Å². The third-order valence-corrected chi connectivity index (χ3v) is 2.84. The quantitative estimate of drug-likeness (QED) is 0.911. The monoisotopic (exact) mass is 268 g/mol. The number of aromatic carboxylic acids is 1. The lowest BCUT2D eigenvalue weighted by Gasteiger charge is -1.99. The Bertz CT molecular complexity index is 533. The maximum Gasteiger partial charge on any atom is 0.335 e. The molecule has 0 spiro atoms. The van der Waals surface area contributed by atoms with Crippen molar-refractivity contribution in [1.82, 2.24) is 9.78 Å². The summed E-state index contributed by atoms with van der Waals surface area (Å²) in [4.78, 5) is 10.8. The first-order valence-corrected chi connectivity index (χ1v) is 5.32. The van der Waals surface area contributed by atoms with Gasteiger partial charge in [0.15, 0.2) is 0 Å². The van der Waals surface area contributed by atoms with E-state index in [-0.39, 0.29) is 5.56 Å². The summed E-state index contributed by atoms with van der Waals surface area (Å²) in [5.74, 6) is -0.920. The van der Waals surface area contributed by atoms with Gasteiger partial charge in [0.1, 0.15) is 4.60 Å². The van der Waals surface area contributed by atoms with Gasteiger partial charge in [-0.2, -0.15) is 5.10 Å². The van der Waals surface area contributed by atoms with E-state index >= 15 is 0 Å². The van der Waals surface area contributed by atoms with Gasteiger partial charge in [0, 0.05) is 11.9 Å². The van der Waals surface area contributed by atoms with Crippen LogP contribution < -0.4 is 0 Å². The summed E-state index contributed by atoms with van der Waals surface area (Å²) in [5.41, 5.74) is 1.12. The molecule has 0 bridgehead atoms. The lowest BCUT2D eigenvalue weighted by Crippen LogP contribution is -1.99. The molecule has 0 saturated carbocycles. The maximum atomic E-state index is 10.8. The molecule has 0 aliphatic heterocycles. The predicted molar refractivity (Wildman–Crippen MR) is 60.1 cm³/mol. The number of benzene rings is 1.